The quantitative estimate of drug-likeness (QED) is 0.189. The SMILES string of the molecule is Cc1cc(C)cc(N(c2ccc3cc4c(cc3c2)C2(c3ccccc3-c3ccccc32)c2c-4ccc3ccccc23)c2ccccc2C)c1. The molecule has 0 atom stereocenters. The van der Waals surface area contributed by atoms with Gasteiger partial charge in [0, 0.05) is 17.1 Å². The van der Waals surface area contributed by atoms with Crippen LogP contribution in [-0.2, 0) is 5.41 Å². The van der Waals surface area contributed by atoms with Crippen LogP contribution >= 0.6 is 0 Å². The van der Waals surface area contributed by atoms with Crippen molar-refractivity contribution in [2.24, 2.45) is 0 Å². The maximum absolute atomic E-state index is 2.51. The van der Waals surface area contributed by atoms with E-state index in [1.807, 2.05) is 0 Å². The molecule has 0 heterocycles. The Balaban J connectivity index is 1.29. The lowest BCUT2D eigenvalue weighted by Gasteiger charge is -2.32. The van der Waals surface area contributed by atoms with E-state index in [1.165, 1.54) is 94.1 Å². The fourth-order valence-electron chi connectivity index (χ4n) is 9.11. The molecule has 1 spiro atoms. The number of fused-ring (bicyclic) bond motifs is 13. The lowest BCUT2D eigenvalue weighted by molar-refractivity contribution is 0.802. The monoisotopic (exact) mass is 625 g/mol. The van der Waals surface area contributed by atoms with Crippen LogP contribution in [0, 0.1) is 20.8 Å². The van der Waals surface area contributed by atoms with Gasteiger partial charge in [-0.15, -0.1) is 0 Å². The van der Waals surface area contributed by atoms with Crippen molar-refractivity contribution >= 4 is 38.6 Å². The van der Waals surface area contributed by atoms with E-state index in [2.05, 4.69) is 183 Å². The molecule has 8 aromatic carbocycles. The van der Waals surface area contributed by atoms with Gasteiger partial charge in [-0.1, -0.05) is 115 Å². The van der Waals surface area contributed by atoms with E-state index < -0.39 is 5.41 Å². The van der Waals surface area contributed by atoms with Crippen LogP contribution in [0.3, 0.4) is 0 Å². The van der Waals surface area contributed by atoms with Crippen molar-refractivity contribution in [3.63, 3.8) is 0 Å². The number of benzene rings is 8. The molecule has 0 aliphatic heterocycles. The normalized spacial score (nSPS) is 13.4. The highest BCUT2D eigenvalue weighted by Crippen LogP contribution is 2.64. The van der Waals surface area contributed by atoms with Crippen LogP contribution in [0.15, 0.2) is 158 Å². The third-order valence-corrected chi connectivity index (χ3v) is 11.0. The van der Waals surface area contributed by atoms with Gasteiger partial charge in [-0.3, -0.25) is 0 Å². The molecule has 0 fully saturated rings. The molecule has 0 saturated carbocycles. The average molecular weight is 626 g/mol. The topological polar surface area (TPSA) is 3.24 Å². The molecule has 49 heavy (non-hydrogen) atoms. The van der Waals surface area contributed by atoms with Gasteiger partial charge in [0.2, 0.25) is 0 Å². The molecule has 2 aliphatic rings. The number of hydrogen-bond acceptors (Lipinski definition) is 1. The van der Waals surface area contributed by atoms with Crippen molar-refractivity contribution in [2.45, 2.75) is 26.2 Å². The maximum Gasteiger partial charge on any atom is 0.0731 e. The first-order valence-corrected chi connectivity index (χ1v) is 17.3. The highest BCUT2D eigenvalue weighted by Gasteiger charge is 2.52. The zero-order chi connectivity index (χ0) is 32.9. The van der Waals surface area contributed by atoms with Gasteiger partial charge in [-0.05, 0) is 146 Å². The van der Waals surface area contributed by atoms with Crippen molar-refractivity contribution in [3.05, 3.63) is 197 Å². The van der Waals surface area contributed by atoms with Gasteiger partial charge in [-0.25, -0.2) is 0 Å². The molecule has 0 aromatic heterocycles. The first-order chi connectivity index (χ1) is 24.0. The van der Waals surface area contributed by atoms with Gasteiger partial charge in [0.25, 0.3) is 0 Å². The second-order valence-electron chi connectivity index (χ2n) is 13.9. The van der Waals surface area contributed by atoms with E-state index in [9.17, 15) is 0 Å². The predicted molar refractivity (Wildman–Crippen MR) is 207 cm³/mol. The molecule has 1 nitrogen and oxygen atoms in total. The van der Waals surface area contributed by atoms with Gasteiger partial charge >= 0.3 is 0 Å². The van der Waals surface area contributed by atoms with Crippen LogP contribution in [0.2, 0.25) is 0 Å². The predicted octanol–water partition coefficient (Wildman–Crippen LogP) is 12.7. The van der Waals surface area contributed by atoms with Gasteiger partial charge in [0.15, 0.2) is 0 Å². The molecule has 0 saturated heterocycles. The number of nitrogens with zero attached hydrogens (tertiary/aromatic N) is 1. The van der Waals surface area contributed by atoms with E-state index in [4.69, 9.17) is 0 Å². The number of para-hydroxylation sites is 1. The molecule has 0 bridgehead atoms. The summed E-state index contributed by atoms with van der Waals surface area (Å²) in [5, 5.41) is 5.11. The lowest BCUT2D eigenvalue weighted by Crippen LogP contribution is -2.26. The van der Waals surface area contributed by atoms with Crippen LogP contribution in [0.5, 0.6) is 0 Å². The highest BCUT2D eigenvalue weighted by atomic mass is 15.1. The van der Waals surface area contributed by atoms with E-state index in [1.54, 1.807) is 0 Å². The number of anilines is 3. The fourth-order valence-corrected chi connectivity index (χ4v) is 9.11. The van der Waals surface area contributed by atoms with Gasteiger partial charge < -0.3 is 4.90 Å². The average Bonchev–Trinajstić information content (AvgIpc) is 3.58. The maximum atomic E-state index is 2.51. The summed E-state index contributed by atoms with van der Waals surface area (Å²) >= 11 is 0. The summed E-state index contributed by atoms with van der Waals surface area (Å²) in [7, 11) is 0. The van der Waals surface area contributed by atoms with E-state index in [0.717, 1.165) is 5.69 Å². The highest BCUT2D eigenvalue weighted by molar-refractivity contribution is 6.06. The number of aryl methyl sites for hydroxylation is 3. The van der Waals surface area contributed by atoms with Crippen molar-refractivity contribution in [3.8, 4) is 22.3 Å². The Kier molecular flexibility index (Phi) is 5.91. The molecule has 10 rings (SSSR count). The smallest absolute Gasteiger partial charge is 0.0731 e. The Morgan fingerprint density at radius 2 is 1.06 bits per heavy atom. The Hall–Kier alpha value is -5.92. The first kappa shape index (κ1) is 28.1. The van der Waals surface area contributed by atoms with Crippen molar-refractivity contribution in [2.75, 3.05) is 4.90 Å². The molecule has 0 unspecified atom stereocenters. The second kappa shape index (κ2) is 10.3. The Labute approximate surface area is 287 Å². The molecular weight excluding hydrogens is 591 g/mol. The molecule has 1 heteroatoms. The van der Waals surface area contributed by atoms with Crippen molar-refractivity contribution in [1.82, 2.24) is 0 Å². The van der Waals surface area contributed by atoms with Crippen LogP contribution < -0.4 is 4.90 Å². The second-order valence-corrected chi connectivity index (χ2v) is 13.9. The Bertz CT molecular complexity index is 2590. The molecular formula is C48H35N. The van der Waals surface area contributed by atoms with Gasteiger partial charge in [0.05, 0.1) is 5.41 Å². The standard InChI is InChI=1S/C48H35N/c1-30-24-31(2)26-37(25-30)49(46-19-11-4-12-32(46)3)36-22-20-34-28-42-41-23-21-33-13-5-6-14-38(33)47(41)48(45(42)29-35(34)27-36)43-17-9-7-15-39(43)40-16-8-10-18-44(40)48/h4-29H,1-3H3. The molecule has 232 valence electrons. The van der Waals surface area contributed by atoms with E-state index in [-0.39, 0.29) is 0 Å². The fraction of sp³-hybridized carbons (Fsp3) is 0.0833. The van der Waals surface area contributed by atoms with Gasteiger partial charge in [0.1, 0.15) is 0 Å². The zero-order valence-corrected chi connectivity index (χ0v) is 28.0. The van der Waals surface area contributed by atoms with Crippen LogP contribution in [0.1, 0.15) is 38.9 Å². The number of hydrogen-bond donors (Lipinski definition) is 0. The summed E-state index contributed by atoms with van der Waals surface area (Å²) in [5.74, 6) is 0. The Morgan fingerprint density at radius 1 is 0.408 bits per heavy atom. The summed E-state index contributed by atoms with van der Waals surface area (Å²) in [6.45, 7) is 6.59. The Morgan fingerprint density at radius 3 is 1.82 bits per heavy atom. The van der Waals surface area contributed by atoms with Crippen LogP contribution in [-0.4, -0.2) is 0 Å². The summed E-state index contributed by atoms with van der Waals surface area (Å²) in [6.07, 6.45) is 0. The lowest BCUT2D eigenvalue weighted by atomic mass is 9.69. The van der Waals surface area contributed by atoms with Crippen LogP contribution in [0.25, 0.3) is 43.8 Å². The largest absolute Gasteiger partial charge is 0.310 e. The molecule has 0 N–H and O–H groups in total. The minimum absolute atomic E-state index is 0.410. The molecule has 0 amide bonds. The molecule has 0 radical (unpaired) electrons. The zero-order valence-electron chi connectivity index (χ0n) is 28.0. The summed E-state index contributed by atoms with van der Waals surface area (Å²) < 4.78 is 0. The summed E-state index contributed by atoms with van der Waals surface area (Å²) in [4.78, 5) is 2.43. The third-order valence-electron chi connectivity index (χ3n) is 11.0. The van der Waals surface area contributed by atoms with E-state index >= 15 is 0 Å². The minimum atomic E-state index is -0.410. The van der Waals surface area contributed by atoms with E-state index in [0.29, 0.717) is 0 Å². The molecule has 2 aliphatic carbocycles. The first-order valence-electron chi connectivity index (χ1n) is 17.3. The van der Waals surface area contributed by atoms with Crippen LogP contribution in [0.4, 0.5) is 17.1 Å². The summed E-state index contributed by atoms with van der Waals surface area (Å²) in [6, 6.07) is 59.4. The minimum Gasteiger partial charge on any atom is -0.310 e. The summed E-state index contributed by atoms with van der Waals surface area (Å²) in [5.41, 5.74) is 17.8. The van der Waals surface area contributed by atoms with Crippen molar-refractivity contribution < 1.29 is 0 Å². The van der Waals surface area contributed by atoms with Crippen molar-refractivity contribution in [1.29, 1.82) is 0 Å². The third kappa shape index (κ3) is 3.87. The number of rotatable bonds is 3. The van der Waals surface area contributed by atoms with Gasteiger partial charge in [-0.2, -0.15) is 0 Å². The molecule has 8 aromatic rings.